The normalized spacial score (nSPS) is 19.2. The summed E-state index contributed by atoms with van der Waals surface area (Å²) in [7, 11) is -3.76. The van der Waals surface area contributed by atoms with Crippen molar-refractivity contribution >= 4 is 33.0 Å². The van der Waals surface area contributed by atoms with Crippen molar-refractivity contribution in [2.45, 2.75) is 37.1 Å². The summed E-state index contributed by atoms with van der Waals surface area (Å²) in [6, 6.07) is 16.8. The number of benzene rings is 2. The van der Waals surface area contributed by atoms with Crippen LogP contribution in [0.2, 0.25) is 0 Å². The van der Waals surface area contributed by atoms with Gasteiger partial charge in [0.15, 0.2) is 0 Å². The Morgan fingerprint density at radius 3 is 2.35 bits per heavy atom. The molecule has 34 heavy (non-hydrogen) atoms. The van der Waals surface area contributed by atoms with Gasteiger partial charge in [0, 0.05) is 38.4 Å². The van der Waals surface area contributed by atoms with Gasteiger partial charge in [-0.25, -0.2) is 8.42 Å². The lowest BCUT2D eigenvalue weighted by molar-refractivity contribution is -0.136. The third kappa shape index (κ3) is 4.15. The second-order valence-corrected chi connectivity index (χ2v) is 12.1. The number of piperazine rings is 1. The van der Waals surface area contributed by atoms with Crippen molar-refractivity contribution in [2.75, 3.05) is 31.1 Å². The highest BCUT2D eigenvalue weighted by Gasteiger charge is 2.42. The van der Waals surface area contributed by atoms with E-state index in [0.29, 0.717) is 19.5 Å². The lowest BCUT2D eigenvalue weighted by atomic mass is 9.95. The van der Waals surface area contributed by atoms with Gasteiger partial charge in [0.1, 0.15) is 10.3 Å². The van der Waals surface area contributed by atoms with Gasteiger partial charge < -0.3 is 9.80 Å². The molecule has 1 atom stereocenters. The molecule has 8 heteroatoms. The van der Waals surface area contributed by atoms with Crippen LogP contribution in [0, 0.1) is 13.8 Å². The van der Waals surface area contributed by atoms with Crippen molar-refractivity contribution in [3.63, 3.8) is 0 Å². The molecule has 1 saturated heterocycles. The molecule has 1 aromatic heterocycles. The van der Waals surface area contributed by atoms with Crippen LogP contribution in [0.1, 0.15) is 22.3 Å². The Morgan fingerprint density at radius 1 is 0.912 bits per heavy atom. The highest BCUT2D eigenvalue weighted by atomic mass is 32.2. The fraction of sp³-hybridized carbons (Fsp3) is 0.346. The number of aryl methyl sites for hydroxylation is 1. The van der Waals surface area contributed by atoms with Gasteiger partial charge >= 0.3 is 0 Å². The molecule has 3 heterocycles. The molecule has 2 aliphatic heterocycles. The van der Waals surface area contributed by atoms with Crippen LogP contribution in [0.4, 0.5) is 5.69 Å². The maximum Gasteiger partial charge on any atom is 0.253 e. The molecule has 1 unspecified atom stereocenters. The number of rotatable bonds is 4. The summed E-state index contributed by atoms with van der Waals surface area (Å²) < 4.78 is 28.7. The molecular formula is C26H29N3O3S2. The van der Waals surface area contributed by atoms with Crippen molar-refractivity contribution in [1.82, 2.24) is 9.21 Å². The Labute approximate surface area is 205 Å². The molecule has 5 rings (SSSR count). The predicted molar refractivity (Wildman–Crippen MR) is 136 cm³/mol. The molecule has 6 nitrogen and oxygen atoms in total. The zero-order valence-electron chi connectivity index (χ0n) is 19.5. The van der Waals surface area contributed by atoms with Gasteiger partial charge in [-0.15, -0.1) is 11.3 Å². The van der Waals surface area contributed by atoms with Crippen LogP contribution in [-0.4, -0.2) is 55.8 Å². The summed E-state index contributed by atoms with van der Waals surface area (Å²) in [5.74, 6) is -0.102. The van der Waals surface area contributed by atoms with Crippen LogP contribution in [-0.2, 0) is 27.8 Å². The minimum atomic E-state index is -3.76. The fourth-order valence-corrected chi connectivity index (χ4v) is 7.62. The highest BCUT2D eigenvalue weighted by molar-refractivity contribution is 7.91. The minimum Gasteiger partial charge on any atom is -0.368 e. The number of amides is 1. The lowest BCUT2D eigenvalue weighted by Crippen LogP contribution is -2.57. The molecule has 3 aromatic rings. The van der Waals surface area contributed by atoms with E-state index in [1.807, 2.05) is 29.2 Å². The average molecular weight is 496 g/mol. The molecule has 2 aromatic carbocycles. The Morgan fingerprint density at radius 2 is 1.65 bits per heavy atom. The standard InChI is InChI=1S/C26H29N3O3S2/c1-19-7-5-10-23(20(19)2)27-12-14-28(15-13-27)26(30)24-17-21-8-3-4-9-22(21)18-29(24)34(31,32)25-11-6-16-33-25/h3-11,16,24H,12-15,17-18H2,1-2H3. The summed E-state index contributed by atoms with van der Waals surface area (Å²) in [6.07, 6.45) is 0.400. The number of hydrogen-bond donors (Lipinski definition) is 0. The molecule has 1 amide bonds. The molecule has 0 bridgehead atoms. The largest absolute Gasteiger partial charge is 0.368 e. The van der Waals surface area contributed by atoms with Gasteiger partial charge in [-0.05, 0) is 60.0 Å². The van der Waals surface area contributed by atoms with E-state index >= 15 is 0 Å². The molecule has 2 aliphatic rings. The number of carbonyl (C=O) groups excluding carboxylic acids is 1. The second kappa shape index (κ2) is 9.17. The fourth-order valence-electron chi connectivity index (χ4n) is 4.94. The molecule has 0 saturated carbocycles. The Balaban J connectivity index is 1.39. The van der Waals surface area contributed by atoms with E-state index in [9.17, 15) is 13.2 Å². The summed E-state index contributed by atoms with van der Waals surface area (Å²) >= 11 is 1.19. The van der Waals surface area contributed by atoms with E-state index in [0.717, 1.165) is 24.2 Å². The van der Waals surface area contributed by atoms with Crippen molar-refractivity contribution in [3.8, 4) is 0 Å². The molecule has 0 aliphatic carbocycles. The third-order valence-corrected chi connectivity index (χ3v) is 10.3. The average Bonchev–Trinajstić information content (AvgIpc) is 3.41. The number of carbonyl (C=O) groups is 1. The number of anilines is 1. The summed E-state index contributed by atoms with van der Waals surface area (Å²) in [6.45, 7) is 7.09. The quantitative estimate of drug-likeness (QED) is 0.552. The minimum absolute atomic E-state index is 0.102. The Kier molecular flexibility index (Phi) is 6.22. The Bertz CT molecular complexity index is 1300. The molecule has 1 fully saturated rings. The summed E-state index contributed by atoms with van der Waals surface area (Å²) in [5, 5.41) is 1.76. The van der Waals surface area contributed by atoms with Gasteiger partial charge in [0.05, 0.1) is 0 Å². The van der Waals surface area contributed by atoms with Crippen LogP contribution < -0.4 is 4.90 Å². The van der Waals surface area contributed by atoms with Gasteiger partial charge in [-0.2, -0.15) is 4.31 Å². The topological polar surface area (TPSA) is 60.9 Å². The van der Waals surface area contributed by atoms with Crippen LogP contribution in [0.5, 0.6) is 0 Å². The maximum atomic E-state index is 13.8. The Hall–Kier alpha value is -2.68. The third-order valence-electron chi connectivity index (χ3n) is 7.06. The number of sulfonamides is 1. The molecule has 0 N–H and O–H groups in total. The molecule has 178 valence electrons. The van der Waals surface area contributed by atoms with Crippen molar-refractivity contribution in [2.24, 2.45) is 0 Å². The molecule has 0 radical (unpaired) electrons. The van der Waals surface area contributed by atoms with Crippen molar-refractivity contribution < 1.29 is 13.2 Å². The van der Waals surface area contributed by atoms with E-state index in [1.165, 1.54) is 32.5 Å². The number of nitrogens with zero attached hydrogens (tertiary/aromatic N) is 3. The first-order valence-corrected chi connectivity index (χ1v) is 13.9. The number of hydrogen-bond acceptors (Lipinski definition) is 5. The summed E-state index contributed by atoms with van der Waals surface area (Å²) in [4.78, 5) is 17.9. The first-order valence-electron chi connectivity index (χ1n) is 11.6. The zero-order chi connectivity index (χ0) is 23.9. The summed E-state index contributed by atoms with van der Waals surface area (Å²) in [5.41, 5.74) is 5.74. The monoisotopic (exact) mass is 495 g/mol. The predicted octanol–water partition coefficient (Wildman–Crippen LogP) is 3.83. The van der Waals surface area contributed by atoms with Crippen molar-refractivity contribution in [3.05, 3.63) is 82.2 Å². The van der Waals surface area contributed by atoms with E-state index in [4.69, 9.17) is 0 Å². The lowest BCUT2D eigenvalue weighted by Gasteiger charge is -2.41. The second-order valence-electron chi connectivity index (χ2n) is 9.00. The maximum absolute atomic E-state index is 13.8. The van der Waals surface area contributed by atoms with Gasteiger partial charge in [0.2, 0.25) is 5.91 Å². The van der Waals surface area contributed by atoms with E-state index in [1.54, 1.807) is 17.5 Å². The van der Waals surface area contributed by atoms with Gasteiger partial charge in [-0.3, -0.25) is 4.79 Å². The molecule has 0 spiro atoms. The first kappa shape index (κ1) is 23.1. The van der Waals surface area contributed by atoms with Crippen LogP contribution in [0.3, 0.4) is 0 Å². The van der Waals surface area contributed by atoms with Crippen LogP contribution in [0.25, 0.3) is 0 Å². The number of fused-ring (bicyclic) bond motifs is 1. The van der Waals surface area contributed by atoms with E-state index in [-0.39, 0.29) is 16.7 Å². The van der Waals surface area contributed by atoms with Crippen molar-refractivity contribution in [1.29, 1.82) is 0 Å². The molecular weight excluding hydrogens is 466 g/mol. The van der Waals surface area contributed by atoms with Crippen LogP contribution in [0.15, 0.2) is 64.2 Å². The van der Waals surface area contributed by atoms with E-state index in [2.05, 4.69) is 36.9 Å². The van der Waals surface area contributed by atoms with Gasteiger partial charge in [-0.1, -0.05) is 42.5 Å². The van der Waals surface area contributed by atoms with E-state index < -0.39 is 16.1 Å². The zero-order valence-corrected chi connectivity index (χ0v) is 21.1. The smallest absolute Gasteiger partial charge is 0.253 e. The SMILES string of the molecule is Cc1cccc(N2CCN(C(=O)C3Cc4ccccc4CN3S(=O)(=O)c3cccs3)CC2)c1C. The highest BCUT2D eigenvalue weighted by Crippen LogP contribution is 2.32. The van der Waals surface area contributed by atoms with Gasteiger partial charge in [0.25, 0.3) is 10.0 Å². The number of thiophene rings is 1. The van der Waals surface area contributed by atoms with Crippen LogP contribution >= 0.6 is 11.3 Å². The first-order chi connectivity index (χ1) is 16.4.